The molecule has 2 nitrogen and oxygen atoms in total. The van der Waals surface area contributed by atoms with Gasteiger partial charge in [0.25, 0.3) is 0 Å². The molecule has 0 aromatic heterocycles. The van der Waals surface area contributed by atoms with Gasteiger partial charge in [0.15, 0.2) is 0 Å². The van der Waals surface area contributed by atoms with Gasteiger partial charge in [-0.05, 0) is 48.9 Å². The average Bonchev–Trinajstić information content (AvgIpc) is 3.02. The second-order valence-corrected chi connectivity index (χ2v) is 6.41. The number of hydrogen-bond acceptors (Lipinski definition) is 2. The van der Waals surface area contributed by atoms with E-state index in [9.17, 15) is 5.11 Å². The van der Waals surface area contributed by atoms with E-state index in [1.807, 2.05) is 0 Å². The highest BCUT2D eigenvalue weighted by molar-refractivity contribution is 5.49. The molecule has 0 bridgehead atoms. The molecule has 2 aromatic carbocycles. The zero-order valence-corrected chi connectivity index (χ0v) is 13.6. The molecule has 1 aliphatic rings. The number of hydrogen-bond donors (Lipinski definition) is 1. The van der Waals surface area contributed by atoms with E-state index in [-0.39, 0.29) is 0 Å². The van der Waals surface area contributed by atoms with Crippen molar-refractivity contribution in [2.45, 2.75) is 38.1 Å². The molecule has 0 aliphatic carbocycles. The van der Waals surface area contributed by atoms with Gasteiger partial charge in [0, 0.05) is 24.7 Å². The largest absolute Gasteiger partial charge is 0.513 e. The first-order valence-electron chi connectivity index (χ1n) is 8.48. The Morgan fingerprint density at radius 3 is 2.30 bits per heavy atom. The maximum Gasteiger partial charge on any atom is 0.0871 e. The van der Waals surface area contributed by atoms with Gasteiger partial charge < -0.3 is 10.0 Å². The van der Waals surface area contributed by atoms with Gasteiger partial charge in [-0.2, -0.15) is 0 Å². The van der Waals surface area contributed by atoms with Crippen LogP contribution in [0.5, 0.6) is 0 Å². The number of aliphatic hydroxyl groups excluding tert-OH is 1. The first-order valence-corrected chi connectivity index (χ1v) is 8.48. The van der Waals surface area contributed by atoms with Crippen molar-refractivity contribution in [3.05, 3.63) is 78.1 Å². The van der Waals surface area contributed by atoms with E-state index in [1.165, 1.54) is 23.2 Å². The number of nitrogens with zero attached hydrogens (tertiary/aromatic N) is 1. The van der Waals surface area contributed by atoms with Crippen LogP contribution < -0.4 is 4.90 Å². The van der Waals surface area contributed by atoms with Crippen molar-refractivity contribution in [2.75, 3.05) is 11.4 Å². The van der Waals surface area contributed by atoms with Crippen LogP contribution in [0.4, 0.5) is 5.69 Å². The molecule has 1 heterocycles. The molecule has 23 heavy (non-hydrogen) atoms. The number of aliphatic hydroxyl groups is 1. The third kappa shape index (κ3) is 4.16. The van der Waals surface area contributed by atoms with Crippen molar-refractivity contribution in [3.8, 4) is 0 Å². The second-order valence-electron chi connectivity index (χ2n) is 6.41. The Hall–Kier alpha value is -2.22. The molecule has 3 rings (SSSR count). The lowest BCUT2D eigenvalue weighted by Gasteiger charge is -2.26. The third-order valence-corrected chi connectivity index (χ3v) is 4.66. The molecule has 2 aromatic rings. The first-order chi connectivity index (χ1) is 11.2. The molecule has 0 spiro atoms. The minimum absolute atomic E-state index is 0.293. The van der Waals surface area contributed by atoms with Crippen LogP contribution in [0, 0.1) is 0 Å². The van der Waals surface area contributed by atoms with Gasteiger partial charge in [-0.1, -0.05) is 49.0 Å². The van der Waals surface area contributed by atoms with Crippen molar-refractivity contribution < 1.29 is 5.11 Å². The minimum Gasteiger partial charge on any atom is -0.513 e. The van der Waals surface area contributed by atoms with Crippen molar-refractivity contribution in [1.82, 2.24) is 0 Å². The lowest BCUT2D eigenvalue weighted by molar-refractivity contribution is 0.376. The Labute approximate surface area is 139 Å². The van der Waals surface area contributed by atoms with Gasteiger partial charge in [-0.15, -0.1) is 0 Å². The Bertz CT molecular complexity index is 633. The smallest absolute Gasteiger partial charge is 0.0871 e. The fraction of sp³-hybridized carbons (Fsp3) is 0.333. The summed E-state index contributed by atoms with van der Waals surface area (Å²) in [6.45, 7) is 4.71. The van der Waals surface area contributed by atoms with E-state index < -0.39 is 0 Å². The Kier molecular flexibility index (Phi) is 5.02. The molecule has 0 amide bonds. The van der Waals surface area contributed by atoms with Gasteiger partial charge in [0.1, 0.15) is 0 Å². The van der Waals surface area contributed by atoms with Crippen LogP contribution in [0.3, 0.4) is 0 Å². The lowest BCUT2D eigenvalue weighted by atomic mass is 10.0. The number of benzene rings is 2. The van der Waals surface area contributed by atoms with Crippen molar-refractivity contribution >= 4 is 5.69 Å². The predicted octanol–water partition coefficient (Wildman–Crippen LogP) is 4.90. The highest BCUT2D eigenvalue weighted by atomic mass is 16.3. The summed E-state index contributed by atoms with van der Waals surface area (Å²) in [6.07, 6.45) is 5.15. The predicted molar refractivity (Wildman–Crippen MR) is 97.0 cm³/mol. The van der Waals surface area contributed by atoms with Gasteiger partial charge >= 0.3 is 0 Å². The molecule has 2 heteroatoms. The normalized spacial score (nSPS) is 17.4. The number of rotatable bonds is 6. The molecule has 1 aliphatic heterocycles. The van der Waals surface area contributed by atoms with Crippen molar-refractivity contribution in [3.63, 3.8) is 0 Å². The van der Waals surface area contributed by atoms with Crippen LogP contribution in [-0.4, -0.2) is 17.7 Å². The van der Waals surface area contributed by atoms with E-state index in [0.717, 1.165) is 25.8 Å². The quantitative estimate of drug-likeness (QED) is 0.767. The van der Waals surface area contributed by atoms with Gasteiger partial charge in [0.2, 0.25) is 0 Å². The highest BCUT2D eigenvalue weighted by Crippen LogP contribution is 2.28. The first kappa shape index (κ1) is 15.7. The fourth-order valence-corrected chi connectivity index (χ4v) is 3.45. The summed E-state index contributed by atoms with van der Waals surface area (Å²) in [4.78, 5) is 2.41. The van der Waals surface area contributed by atoms with Crippen LogP contribution in [-0.2, 0) is 12.8 Å². The monoisotopic (exact) mass is 307 g/mol. The van der Waals surface area contributed by atoms with Crippen molar-refractivity contribution in [1.29, 1.82) is 0 Å². The van der Waals surface area contributed by atoms with E-state index in [2.05, 4.69) is 66.1 Å². The topological polar surface area (TPSA) is 23.5 Å². The molecule has 120 valence electrons. The number of aryl methyl sites for hydroxylation is 2. The van der Waals surface area contributed by atoms with Crippen LogP contribution in [0.15, 0.2) is 66.9 Å². The summed E-state index contributed by atoms with van der Waals surface area (Å²) in [7, 11) is 0. The molecular formula is C21H25NO. The summed E-state index contributed by atoms with van der Waals surface area (Å²) in [6, 6.07) is 19.9. The third-order valence-electron chi connectivity index (χ3n) is 4.66. The molecule has 1 atom stereocenters. The van der Waals surface area contributed by atoms with Gasteiger partial charge in [-0.25, -0.2) is 0 Å². The molecular weight excluding hydrogens is 282 g/mol. The molecule has 1 saturated heterocycles. The molecule has 0 radical (unpaired) electrons. The maximum absolute atomic E-state index is 9.48. The van der Waals surface area contributed by atoms with Crippen LogP contribution in [0.1, 0.15) is 30.4 Å². The molecule has 1 unspecified atom stereocenters. The van der Waals surface area contributed by atoms with E-state index in [0.29, 0.717) is 18.2 Å². The van der Waals surface area contributed by atoms with E-state index in [1.54, 1.807) is 0 Å². The highest BCUT2D eigenvalue weighted by Gasteiger charge is 2.25. The molecule has 1 fully saturated rings. The second kappa shape index (κ2) is 7.36. The molecule has 1 N–H and O–H groups in total. The summed E-state index contributed by atoms with van der Waals surface area (Å²) >= 11 is 0. The average molecular weight is 307 g/mol. The zero-order chi connectivity index (χ0) is 16.1. The molecule has 0 saturated carbocycles. The van der Waals surface area contributed by atoms with Gasteiger partial charge in [0.05, 0.1) is 5.76 Å². The van der Waals surface area contributed by atoms with Crippen LogP contribution in [0.2, 0.25) is 0 Å². The SMILES string of the molecule is C=C(O)CC1CCCN1c1ccc(CCc2ccccc2)cc1. The van der Waals surface area contributed by atoms with Gasteiger partial charge in [-0.3, -0.25) is 0 Å². The Morgan fingerprint density at radius 1 is 1.00 bits per heavy atom. The van der Waals surface area contributed by atoms with Crippen LogP contribution in [0.25, 0.3) is 0 Å². The van der Waals surface area contributed by atoms with E-state index in [4.69, 9.17) is 0 Å². The van der Waals surface area contributed by atoms with Crippen LogP contribution >= 0.6 is 0 Å². The summed E-state index contributed by atoms with van der Waals surface area (Å²) in [5.74, 6) is 0.293. The zero-order valence-electron chi connectivity index (χ0n) is 13.6. The van der Waals surface area contributed by atoms with Crippen molar-refractivity contribution in [2.24, 2.45) is 0 Å². The lowest BCUT2D eigenvalue weighted by Crippen LogP contribution is -2.29. The Balaban J connectivity index is 1.61. The summed E-state index contributed by atoms with van der Waals surface area (Å²) in [5, 5.41) is 9.48. The summed E-state index contributed by atoms with van der Waals surface area (Å²) in [5.41, 5.74) is 4.02. The van der Waals surface area contributed by atoms with E-state index >= 15 is 0 Å². The standard InChI is InChI=1S/C21H25NO/c1-17(23)16-21-8-5-15-22(21)20-13-11-19(12-14-20)10-9-18-6-3-2-4-7-18/h2-4,6-7,11-14,21,23H,1,5,8-10,15-16H2. The summed E-state index contributed by atoms with van der Waals surface area (Å²) < 4.78 is 0. The Morgan fingerprint density at radius 2 is 1.65 bits per heavy atom. The maximum atomic E-state index is 9.48. The number of anilines is 1. The fourth-order valence-electron chi connectivity index (χ4n) is 3.45. The minimum atomic E-state index is 0.293.